The van der Waals surface area contributed by atoms with Gasteiger partial charge in [0.05, 0.1) is 6.04 Å². The maximum Gasteiger partial charge on any atom is 0.222 e. The summed E-state index contributed by atoms with van der Waals surface area (Å²) in [5.74, 6) is -0.0159. The first kappa shape index (κ1) is 15.1. The highest BCUT2D eigenvalue weighted by Gasteiger charge is 2.24. The molecule has 2 atom stereocenters. The van der Waals surface area contributed by atoms with E-state index >= 15 is 0 Å². The first-order valence-electron chi connectivity index (χ1n) is 6.17. The second-order valence-electron chi connectivity index (χ2n) is 5.77. The summed E-state index contributed by atoms with van der Waals surface area (Å²) in [7, 11) is 0. The minimum atomic E-state index is -0.136. The van der Waals surface area contributed by atoms with Gasteiger partial charge in [-0.3, -0.25) is 4.79 Å². The summed E-state index contributed by atoms with van der Waals surface area (Å²) in [4.78, 5) is 17.3. The number of nitrogens with zero attached hydrogens (tertiary/aromatic N) is 1. The van der Waals surface area contributed by atoms with Crippen molar-refractivity contribution < 1.29 is 4.79 Å². The van der Waals surface area contributed by atoms with Crippen LogP contribution >= 0.6 is 11.3 Å². The highest BCUT2D eigenvalue weighted by molar-refractivity contribution is 7.11. The van der Waals surface area contributed by atoms with Crippen LogP contribution in [0.15, 0.2) is 6.20 Å². The summed E-state index contributed by atoms with van der Waals surface area (Å²) in [6.07, 6.45) is 2.17. The number of carbonyl (C=O) groups excluding carboxylic acids is 1. The number of thiazole rings is 1. The third kappa shape index (κ3) is 4.38. The number of aryl methyl sites for hydroxylation is 1. The van der Waals surface area contributed by atoms with E-state index in [1.165, 1.54) is 0 Å². The summed E-state index contributed by atoms with van der Waals surface area (Å²) < 4.78 is 0. The predicted octanol–water partition coefficient (Wildman–Crippen LogP) is 2.39. The Bertz CT molecular complexity index is 409. The van der Waals surface area contributed by atoms with Gasteiger partial charge in [0.1, 0.15) is 5.01 Å². The molecule has 0 radical (unpaired) electrons. The standard InChI is InChI=1S/C13H23N3OS/c1-8-7-15-12(18-8)9(2)16-11(17)6-10(14)13(3,4)5/h7,9-10H,6,14H2,1-5H3,(H,16,17). The lowest BCUT2D eigenvalue weighted by molar-refractivity contribution is -0.122. The molecule has 1 heterocycles. The lowest BCUT2D eigenvalue weighted by atomic mass is 9.85. The van der Waals surface area contributed by atoms with E-state index in [4.69, 9.17) is 5.73 Å². The van der Waals surface area contributed by atoms with E-state index in [2.05, 4.69) is 10.3 Å². The second-order valence-corrected chi connectivity index (χ2v) is 7.04. The third-order valence-corrected chi connectivity index (χ3v) is 4.00. The summed E-state index contributed by atoms with van der Waals surface area (Å²) in [6.45, 7) is 10.1. The third-order valence-electron chi connectivity index (χ3n) is 2.90. The average molecular weight is 269 g/mol. The van der Waals surface area contributed by atoms with Crippen molar-refractivity contribution in [1.82, 2.24) is 10.3 Å². The van der Waals surface area contributed by atoms with Crippen LogP contribution in [0.2, 0.25) is 0 Å². The quantitative estimate of drug-likeness (QED) is 0.882. The van der Waals surface area contributed by atoms with Crippen molar-refractivity contribution in [2.24, 2.45) is 11.1 Å². The molecule has 0 aromatic carbocycles. The van der Waals surface area contributed by atoms with Gasteiger partial charge in [-0.15, -0.1) is 11.3 Å². The first-order valence-corrected chi connectivity index (χ1v) is 6.99. The lowest BCUT2D eigenvalue weighted by Gasteiger charge is -2.26. The molecule has 5 heteroatoms. The van der Waals surface area contributed by atoms with Gasteiger partial charge in [0.15, 0.2) is 0 Å². The molecular formula is C13H23N3OS. The zero-order chi connectivity index (χ0) is 13.9. The van der Waals surface area contributed by atoms with Gasteiger partial charge < -0.3 is 11.1 Å². The molecule has 102 valence electrons. The van der Waals surface area contributed by atoms with Crippen molar-refractivity contribution in [1.29, 1.82) is 0 Å². The SMILES string of the molecule is Cc1cnc(C(C)NC(=O)CC(N)C(C)(C)C)s1. The number of aromatic nitrogens is 1. The van der Waals surface area contributed by atoms with E-state index in [9.17, 15) is 4.79 Å². The van der Waals surface area contributed by atoms with Gasteiger partial charge >= 0.3 is 0 Å². The maximum absolute atomic E-state index is 11.9. The molecule has 0 spiro atoms. The minimum absolute atomic E-state index is 0.0159. The molecule has 0 aliphatic carbocycles. The van der Waals surface area contributed by atoms with E-state index in [0.717, 1.165) is 9.88 Å². The topological polar surface area (TPSA) is 68.0 Å². The van der Waals surface area contributed by atoms with E-state index < -0.39 is 0 Å². The van der Waals surface area contributed by atoms with Gasteiger partial charge in [0.2, 0.25) is 5.91 Å². The van der Waals surface area contributed by atoms with Gasteiger partial charge in [0, 0.05) is 23.5 Å². The minimum Gasteiger partial charge on any atom is -0.347 e. The number of nitrogens with one attached hydrogen (secondary N) is 1. The highest BCUT2D eigenvalue weighted by atomic mass is 32.1. The van der Waals surface area contributed by atoms with Crippen LogP contribution in [-0.4, -0.2) is 16.9 Å². The second kappa shape index (κ2) is 5.80. The lowest BCUT2D eigenvalue weighted by Crippen LogP contribution is -2.40. The van der Waals surface area contributed by atoms with Gasteiger partial charge in [-0.1, -0.05) is 20.8 Å². The van der Waals surface area contributed by atoms with E-state index in [-0.39, 0.29) is 23.4 Å². The fourth-order valence-electron chi connectivity index (χ4n) is 1.44. The molecule has 2 unspecified atom stereocenters. The Labute approximate surface area is 113 Å². The van der Waals surface area contributed by atoms with Crippen LogP contribution in [0.3, 0.4) is 0 Å². The molecule has 1 aromatic rings. The fraction of sp³-hybridized carbons (Fsp3) is 0.692. The van der Waals surface area contributed by atoms with Crippen LogP contribution in [0.5, 0.6) is 0 Å². The van der Waals surface area contributed by atoms with Crippen molar-refractivity contribution in [3.05, 3.63) is 16.1 Å². The van der Waals surface area contributed by atoms with Crippen molar-refractivity contribution in [3.63, 3.8) is 0 Å². The normalized spacial score (nSPS) is 15.2. The molecule has 4 nitrogen and oxygen atoms in total. The van der Waals surface area contributed by atoms with E-state index in [1.54, 1.807) is 11.3 Å². The maximum atomic E-state index is 11.9. The molecule has 0 saturated carbocycles. The Morgan fingerprint density at radius 1 is 1.56 bits per heavy atom. The monoisotopic (exact) mass is 269 g/mol. The largest absolute Gasteiger partial charge is 0.347 e. The average Bonchev–Trinajstić information content (AvgIpc) is 2.63. The molecule has 0 bridgehead atoms. The molecule has 1 aromatic heterocycles. The Hall–Kier alpha value is -0.940. The number of amides is 1. The van der Waals surface area contributed by atoms with Crippen LogP contribution in [-0.2, 0) is 4.79 Å². The molecular weight excluding hydrogens is 246 g/mol. The van der Waals surface area contributed by atoms with E-state index in [0.29, 0.717) is 6.42 Å². The number of nitrogens with two attached hydrogens (primary N) is 1. The Morgan fingerprint density at radius 3 is 2.61 bits per heavy atom. The van der Waals surface area contributed by atoms with Gasteiger partial charge in [-0.2, -0.15) is 0 Å². The number of rotatable bonds is 4. The predicted molar refractivity (Wildman–Crippen MR) is 75.5 cm³/mol. The zero-order valence-corrected chi connectivity index (χ0v) is 12.6. The summed E-state index contributed by atoms with van der Waals surface area (Å²) >= 11 is 1.61. The highest BCUT2D eigenvalue weighted by Crippen LogP contribution is 2.21. The molecule has 1 amide bonds. The van der Waals surface area contributed by atoms with Crippen molar-refractivity contribution in [2.75, 3.05) is 0 Å². The van der Waals surface area contributed by atoms with Crippen LogP contribution in [0.4, 0.5) is 0 Å². The molecule has 1 rings (SSSR count). The van der Waals surface area contributed by atoms with E-state index in [1.807, 2.05) is 40.8 Å². The Kier molecular flexibility index (Phi) is 4.87. The Balaban J connectivity index is 2.50. The van der Waals surface area contributed by atoms with Gasteiger partial charge in [0.25, 0.3) is 0 Å². The smallest absolute Gasteiger partial charge is 0.222 e. The summed E-state index contributed by atoms with van der Waals surface area (Å²) in [6, 6.07) is -0.189. The van der Waals surface area contributed by atoms with Crippen LogP contribution < -0.4 is 11.1 Å². The first-order chi connectivity index (χ1) is 8.20. The van der Waals surface area contributed by atoms with Crippen LogP contribution in [0.25, 0.3) is 0 Å². The van der Waals surface area contributed by atoms with Crippen molar-refractivity contribution in [2.45, 2.75) is 53.1 Å². The summed E-state index contributed by atoms with van der Waals surface area (Å²) in [5, 5.41) is 3.88. The molecule has 0 saturated heterocycles. The summed E-state index contributed by atoms with van der Waals surface area (Å²) in [5.41, 5.74) is 5.94. The van der Waals surface area contributed by atoms with Crippen molar-refractivity contribution >= 4 is 17.2 Å². The number of carbonyl (C=O) groups is 1. The zero-order valence-electron chi connectivity index (χ0n) is 11.8. The molecule has 18 heavy (non-hydrogen) atoms. The molecule has 0 fully saturated rings. The van der Waals surface area contributed by atoms with Crippen LogP contribution in [0.1, 0.15) is 50.0 Å². The Morgan fingerprint density at radius 2 is 2.17 bits per heavy atom. The fourth-order valence-corrected chi connectivity index (χ4v) is 2.22. The molecule has 0 aliphatic rings. The van der Waals surface area contributed by atoms with Crippen molar-refractivity contribution in [3.8, 4) is 0 Å². The number of hydrogen-bond donors (Lipinski definition) is 2. The van der Waals surface area contributed by atoms with Gasteiger partial charge in [-0.25, -0.2) is 4.98 Å². The molecule has 3 N–H and O–H groups in total. The number of hydrogen-bond acceptors (Lipinski definition) is 4. The molecule has 0 aliphatic heterocycles. The van der Waals surface area contributed by atoms with Gasteiger partial charge in [-0.05, 0) is 19.3 Å². The van der Waals surface area contributed by atoms with Crippen LogP contribution in [0, 0.1) is 12.3 Å².